The zero-order chi connectivity index (χ0) is 15.4. The molecule has 2 rings (SSSR count). The molecule has 0 unspecified atom stereocenters. The molecule has 0 aromatic heterocycles. The molecule has 0 radical (unpaired) electrons. The Bertz CT molecular complexity index is 673. The van der Waals surface area contributed by atoms with E-state index >= 15 is 0 Å². The predicted octanol–water partition coefficient (Wildman–Crippen LogP) is 3.76. The fourth-order valence-corrected chi connectivity index (χ4v) is 2.68. The van der Waals surface area contributed by atoms with Gasteiger partial charge in [0.05, 0.1) is 5.75 Å². The molecule has 0 aliphatic heterocycles. The van der Waals surface area contributed by atoms with E-state index in [9.17, 15) is 9.18 Å². The van der Waals surface area contributed by atoms with Crippen molar-refractivity contribution in [3.05, 3.63) is 53.3 Å². The molecular formula is C16H17FN2OS. The molecule has 3 nitrogen and oxygen atoms in total. The zero-order valence-electron chi connectivity index (χ0n) is 11.9. The number of nitrogens with two attached hydrogens (primary N) is 1. The van der Waals surface area contributed by atoms with E-state index in [0.717, 1.165) is 16.8 Å². The second kappa shape index (κ2) is 6.63. The second-order valence-electron chi connectivity index (χ2n) is 4.84. The van der Waals surface area contributed by atoms with Crippen molar-refractivity contribution < 1.29 is 9.18 Å². The van der Waals surface area contributed by atoms with Crippen molar-refractivity contribution in [3.8, 4) is 0 Å². The normalized spacial score (nSPS) is 10.4. The molecule has 3 N–H and O–H groups in total. The highest BCUT2D eigenvalue weighted by Gasteiger charge is 2.08. The number of aryl methyl sites for hydroxylation is 2. The van der Waals surface area contributed by atoms with Crippen molar-refractivity contribution >= 4 is 29.0 Å². The molecule has 1 amide bonds. The minimum Gasteiger partial charge on any atom is -0.398 e. The van der Waals surface area contributed by atoms with Crippen LogP contribution < -0.4 is 11.1 Å². The van der Waals surface area contributed by atoms with E-state index in [1.54, 1.807) is 6.07 Å². The molecule has 2 aromatic rings. The number of carbonyl (C=O) groups excluding carboxylic acids is 1. The maximum atomic E-state index is 12.9. The van der Waals surface area contributed by atoms with Crippen molar-refractivity contribution in [2.24, 2.45) is 0 Å². The Balaban J connectivity index is 1.96. The Kier molecular flexibility index (Phi) is 4.85. The molecule has 110 valence electrons. The average Bonchev–Trinajstić information content (AvgIpc) is 2.41. The number of hydrogen-bond donors (Lipinski definition) is 2. The summed E-state index contributed by atoms with van der Waals surface area (Å²) in [6, 6.07) is 10.0. The van der Waals surface area contributed by atoms with E-state index in [-0.39, 0.29) is 17.5 Å². The summed E-state index contributed by atoms with van der Waals surface area (Å²) < 4.78 is 12.9. The zero-order valence-corrected chi connectivity index (χ0v) is 12.8. The molecule has 21 heavy (non-hydrogen) atoms. The van der Waals surface area contributed by atoms with Crippen molar-refractivity contribution in [1.29, 1.82) is 0 Å². The van der Waals surface area contributed by atoms with Crippen molar-refractivity contribution in [3.63, 3.8) is 0 Å². The van der Waals surface area contributed by atoms with Crippen LogP contribution in [-0.2, 0) is 4.79 Å². The van der Waals surface area contributed by atoms with Gasteiger partial charge in [-0.15, -0.1) is 11.8 Å². The molecule has 0 heterocycles. The fraction of sp³-hybridized carbons (Fsp3) is 0.188. The predicted molar refractivity (Wildman–Crippen MR) is 86.1 cm³/mol. The first-order chi connectivity index (χ1) is 9.95. The highest BCUT2D eigenvalue weighted by atomic mass is 32.2. The molecule has 0 saturated heterocycles. The lowest BCUT2D eigenvalue weighted by Gasteiger charge is -2.09. The monoisotopic (exact) mass is 304 g/mol. The quantitative estimate of drug-likeness (QED) is 0.668. The number of halogens is 1. The third kappa shape index (κ3) is 4.23. The van der Waals surface area contributed by atoms with Crippen molar-refractivity contribution in [1.82, 2.24) is 0 Å². The Labute approximate surface area is 127 Å². The lowest BCUT2D eigenvalue weighted by Crippen LogP contribution is -2.15. The molecule has 0 aliphatic carbocycles. The number of rotatable bonds is 4. The molecule has 0 spiro atoms. The van der Waals surface area contributed by atoms with Gasteiger partial charge in [0.15, 0.2) is 0 Å². The summed E-state index contributed by atoms with van der Waals surface area (Å²) in [6.07, 6.45) is 0. The Morgan fingerprint density at radius 1 is 1.24 bits per heavy atom. The summed E-state index contributed by atoms with van der Waals surface area (Å²) in [5, 5.41) is 2.86. The molecule has 0 fully saturated rings. The SMILES string of the molecule is Cc1ccc(NC(=O)CSc2ccc(F)cc2N)c(C)c1. The van der Waals surface area contributed by atoms with Gasteiger partial charge < -0.3 is 11.1 Å². The third-order valence-electron chi connectivity index (χ3n) is 2.99. The smallest absolute Gasteiger partial charge is 0.234 e. The number of benzene rings is 2. The molecule has 0 bridgehead atoms. The topological polar surface area (TPSA) is 55.1 Å². The maximum Gasteiger partial charge on any atom is 0.234 e. The van der Waals surface area contributed by atoms with Crippen LogP contribution in [-0.4, -0.2) is 11.7 Å². The van der Waals surface area contributed by atoms with E-state index in [2.05, 4.69) is 5.32 Å². The minimum atomic E-state index is -0.378. The van der Waals surface area contributed by atoms with Gasteiger partial charge in [0.2, 0.25) is 5.91 Å². The fourth-order valence-electron chi connectivity index (χ4n) is 1.93. The van der Waals surface area contributed by atoms with Gasteiger partial charge in [-0.25, -0.2) is 4.39 Å². The minimum absolute atomic E-state index is 0.115. The second-order valence-corrected chi connectivity index (χ2v) is 5.85. The van der Waals surface area contributed by atoms with Crippen molar-refractivity contribution in [2.45, 2.75) is 18.7 Å². The lowest BCUT2D eigenvalue weighted by atomic mass is 10.1. The van der Waals surface area contributed by atoms with E-state index in [0.29, 0.717) is 10.6 Å². The number of amides is 1. The molecule has 0 saturated carbocycles. The molecule has 0 atom stereocenters. The highest BCUT2D eigenvalue weighted by Crippen LogP contribution is 2.26. The van der Waals surface area contributed by atoms with Crippen LogP contribution in [0, 0.1) is 19.7 Å². The van der Waals surface area contributed by atoms with Gasteiger partial charge in [-0.05, 0) is 43.7 Å². The Hall–Kier alpha value is -2.01. The van der Waals surface area contributed by atoms with Gasteiger partial charge in [-0.1, -0.05) is 17.7 Å². The van der Waals surface area contributed by atoms with Crippen LogP contribution in [0.15, 0.2) is 41.3 Å². The first-order valence-corrected chi connectivity index (χ1v) is 7.49. The van der Waals surface area contributed by atoms with E-state index in [1.165, 1.54) is 23.9 Å². The van der Waals surface area contributed by atoms with Crippen LogP contribution in [0.2, 0.25) is 0 Å². The summed E-state index contributed by atoms with van der Waals surface area (Å²) in [4.78, 5) is 12.7. The summed E-state index contributed by atoms with van der Waals surface area (Å²) in [6.45, 7) is 3.96. The van der Waals surface area contributed by atoms with Crippen molar-refractivity contribution in [2.75, 3.05) is 16.8 Å². The first kappa shape index (κ1) is 15.4. The summed E-state index contributed by atoms with van der Waals surface area (Å²) in [7, 11) is 0. The molecular weight excluding hydrogens is 287 g/mol. The molecule has 5 heteroatoms. The number of nitrogen functional groups attached to an aromatic ring is 1. The van der Waals surface area contributed by atoms with Gasteiger partial charge in [0.25, 0.3) is 0 Å². The van der Waals surface area contributed by atoms with Gasteiger partial charge in [0.1, 0.15) is 5.82 Å². The van der Waals surface area contributed by atoms with Gasteiger partial charge >= 0.3 is 0 Å². The average molecular weight is 304 g/mol. The summed E-state index contributed by atoms with van der Waals surface area (Å²) in [5.41, 5.74) is 9.03. The van der Waals surface area contributed by atoms with E-state index in [4.69, 9.17) is 5.73 Å². The summed E-state index contributed by atoms with van der Waals surface area (Å²) in [5.74, 6) is -0.268. The number of anilines is 2. The number of nitrogens with one attached hydrogen (secondary N) is 1. The highest BCUT2D eigenvalue weighted by molar-refractivity contribution is 8.00. The van der Waals surface area contributed by atoms with E-state index in [1.807, 2.05) is 32.0 Å². The Morgan fingerprint density at radius 2 is 2.00 bits per heavy atom. The summed E-state index contributed by atoms with van der Waals surface area (Å²) >= 11 is 1.29. The number of hydrogen-bond acceptors (Lipinski definition) is 3. The Morgan fingerprint density at radius 3 is 2.67 bits per heavy atom. The molecule has 2 aromatic carbocycles. The van der Waals surface area contributed by atoms with Crippen LogP contribution in [0.5, 0.6) is 0 Å². The van der Waals surface area contributed by atoms with Crippen LogP contribution in [0.25, 0.3) is 0 Å². The third-order valence-corrected chi connectivity index (χ3v) is 4.08. The number of carbonyl (C=O) groups is 1. The van der Waals surface area contributed by atoms with Crippen LogP contribution >= 0.6 is 11.8 Å². The standard InChI is InChI=1S/C16H17FN2OS/c1-10-3-5-14(11(2)7-10)19-16(20)9-21-15-6-4-12(17)8-13(15)18/h3-8H,9,18H2,1-2H3,(H,19,20). The van der Waals surface area contributed by atoms with Crippen LogP contribution in [0.3, 0.4) is 0 Å². The van der Waals surface area contributed by atoms with Gasteiger partial charge in [-0.2, -0.15) is 0 Å². The first-order valence-electron chi connectivity index (χ1n) is 6.50. The van der Waals surface area contributed by atoms with Gasteiger partial charge in [-0.3, -0.25) is 4.79 Å². The van der Waals surface area contributed by atoms with Crippen LogP contribution in [0.4, 0.5) is 15.8 Å². The largest absolute Gasteiger partial charge is 0.398 e. The van der Waals surface area contributed by atoms with E-state index < -0.39 is 0 Å². The lowest BCUT2D eigenvalue weighted by molar-refractivity contribution is -0.113. The molecule has 0 aliphatic rings. The number of thioether (sulfide) groups is 1. The maximum absolute atomic E-state index is 12.9. The van der Waals surface area contributed by atoms with Crippen LogP contribution in [0.1, 0.15) is 11.1 Å². The van der Waals surface area contributed by atoms with Gasteiger partial charge in [0, 0.05) is 16.3 Å².